The zero-order valence-corrected chi connectivity index (χ0v) is 20.8. The maximum atomic E-state index is 12.5. The monoisotopic (exact) mass is 576 g/mol. The van der Waals surface area contributed by atoms with Crippen molar-refractivity contribution in [3.8, 4) is 0 Å². The topological polar surface area (TPSA) is 57.2 Å². The molecule has 0 spiro atoms. The minimum atomic E-state index is -0.219. The minimum absolute atomic E-state index is 0. The second-order valence-electron chi connectivity index (χ2n) is 7.97. The molecule has 1 aromatic rings. The lowest BCUT2D eigenvalue weighted by Gasteiger charge is -2.37. The zero-order chi connectivity index (χ0) is 19.6. The molecule has 2 saturated heterocycles. The van der Waals surface area contributed by atoms with E-state index in [0.29, 0.717) is 6.61 Å². The summed E-state index contributed by atoms with van der Waals surface area (Å²) >= 11 is 3.70. The van der Waals surface area contributed by atoms with Crippen LogP contribution in [0.3, 0.4) is 0 Å². The highest BCUT2D eigenvalue weighted by Crippen LogP contribution is 2.49. The van der Waals surface area contributed by atoms with Gasteiger partial charge in [-0.3, -0.25) is 9.79 Å². The molecule has 1 N–H and O–H groups in total. The van der Waals surface area contributed by atoms with Gasteiger partial charge in [0.05, 0.1) is 0 Å². The Morgan fingerprint density at radius 1 is 1.24 bits per heavy atom. The number of carbonyl (C=O) groups is 1. The van der Waals surface area contributed by atoms with Crippen molar-refractivity contribution < 1.29 is 9.53 Å². The molecule has 0 aromatic heterocycles. The Kier molecular flexibility index (Phi) is 7.83. The van der Waals surface area contributed by atoms with Crippen molar-refractivity contribution in [3.05, 3.63) is 34.3 Å². The van der Waals surface area contributed by atoms with Gasteiger partial charge in [-0.15, -0.1) is 24.0 Å². The maximum absolute atomic E-state index is 12.5. The van der Waals surface area contributed by atoms with Gasteiger partial charge in [-0.25, -0.2) is 0 Å². The average molecular weight is 577 g/mol. The third-order valence-electron chi connectivity index (χ3n) is 6.19. The van der Waals surface area contributed by atoms with Crippen LogP contribution in [0.2, 0.25) is 0 Å². The van der Waals surface area contributed by atoms with Gasteiger partial charge in [0.1, 0.15) is 6.10 Å². The number of hydrogen-bond donors (Lipinski definition) is 1. The highest BCUT2D eigenvalue weighted by molar-refractivity contribution is 14.0. The van der Waals surface area contributed by atoms with Crippen molar-refractivity contribution in [2.45, 2.75) is 37.2 Å². The lowest BCUT2D eigenvalue weighted by atomic mass is 9.96. The maximum Gasteiger partial charge on any atom is 0.251 e. The number of hydrogen-bond acceptors (Lipinski definition) is 3. The zero-order valence-electron chi connectivity index (χ0n) is 16.9. The summed E-state index contributed by atoms with van der Waals surface area (Å²) in [5.41, 5.74) is 1.58. The van der Waals surface area contributed by atoms with E-state index in [4.69, 9.17) is 4.74 Å². The number of nitrogens with one attached hydrogen (secondary N) is 1. The van der Waals surface area contributed by atoms with Gasteiger partial charge in [0, 0.05) is 56.3 Å². The third-order valence-corrected chi connectivity index (χ3v) is 6.88. The third kappa shape index (κ3) is 5.07. The predicted molar refractivity (Wildman–Crippen MR) is 129 cm³/mol. The van der Waals surface area contributed by atoms with Crippen LogP contribution in [0.15, 0.2) is 33.7 Å². The first-order chi connectivity index (χ1) is 13.6. The number of piperazine rings is 1. The van der Waals surface area contributed by atoms with Crippen LogP contribution in [0.25, 0.3) is 0 Å². The van der Waals surface area contributed by atoms with Gasteiger partial charge in [-0.2, -0.15) is 0 Å². The molecular weight excluding hydrogens is 547 g/mol. The molecule has 6 nitrogen and oxygen atoms in total. The number of aliphatic imine (C=N–C) groups is 1. The summed E-state index contributed by atoms with van der Waals surface area (Å²) in [7, 11) is 1.84. The van der Waals surface area contributed by atoms with Gasteiger partial charge in [0.2, 0.25) is 0 Å². The fourth-order valence-corrected chi connectivity index (χ4v) is 4.98. The van der Waals surface area contributed by atoms with Gasteiger partial charge in [-0.05, 0) is 37.3 Å². The Bertz CT molecular complexity index is 742. The second kappa shape index (κ2) is 9.96. The highest BCUT2D eigenvalue weighted by Gasteiger charge is 2.45. The average Bonchev–Trinajstić information content (AvgIpc) is 3.30. The van der Waals surface area contributed by atoms with Crippen LogP contribution in [0.4, 0.5) is 0 Å². The molecule has 1 aromatic carbocycles. The lowest BCUT2D eigenvalue weighted by Crippen LogP contribution is -2.55. The Labute approximate surface area is 198 Å². The molecular formula is C21H30BrIN4O2. The number of benzene rings is 1. The molecule has 1 atom stereocenters. The van der Waals surface area contributed by atoms with Gasteiger partial charge >= 0.3 is 0 Å². The van der Waals surface area contributed by atoms with Crippen LogP contribution >= 0.6 is 39.9 Å². The molecule has 160 valence electrons. The van der Waals surface area contributed by atoms with Crippen LogP contribution in [-0.2, 0) is 14.9 Å². The number of ether oxygens (including phenoxy) is 1. The highest BCUT2D eigenvalue weighted by atomic mass is 127. The normalized spacial score (nSPS) is 23.5. The predicted octanol–water partition coefficient (Wildman–Crippen LogP) is 3.00. The van der Waals surface area contributed by atoms with Crippen LogP contribution in [0.5, 0.6) is 0 Å². The van der Waals surface area contributed by atoms with E-state index >= 15 is 0 Å². The minimum Gasteiger partial charge on any atom is -0.368 e. The van der Waals surface area contributed by atoms with E-state index in [9.17, 15) is 4.79 Å². The summed E-state index contributed by atoms with van der Waals surface area (Å²) in [4.78, 5) is 21.2. The number of rotatable bonds is 4. The molecule has 0 radical (unpaired) electrons. The SMILES string of the molecule is CN=C(NCC1(c2ccccc2Br)CC1)N1CCN(C(=O)C2CCCO2)CC1.I. The van der Waals surface area contributed by atoms with Crippen molar-refractivity contribution in [1.29, 1.82) is 0 Å². The molecule has 3 fully saturated rings. The van der Waals surface area contributed by atoms with Crippen LogP contribution in [0.1, 0.15) is 31.2 Å². The fraction of sp³-hybridized carbons (Fsp3) is 0.619. The van der Waals surface area contributed by atoms with Crippen LogP contribution < -0.4 is 5.32 Å². The van der Waals surface area contributed by atoms with Crippen molar-refractivity contribution in [2.75, 3.05) is 46.4 Å². The van der Waals surface area contributed by atoms with E-state index in [1.54, 1.807) is 0 Å². The second-order valence-corrected chi connectivity index (χ2v) is 8.83. The number of carbonyl (C=O) groups excluding carboxylic acids is 1. The van der Waals surface area contributed by atoms with E-state index in [1.807, 2.05) is 11.9 Å². The Hall–Kier alpha value is -0.870. The first-order valence-electron chi connectivity index (χ1n) is 10.2. The molecule has 2 heterocycles. The smallest absolute Gasteiger partial charge is 0.251 e. The van der Waals surface area contributed by atoms with Crippen molar-refractivity contribution >= 4 is 51.8 Å². The molecule has 29 heavy (non-hydrogen) atoms. The summed E-state index contributed by atoms with van der Waals surface area (Å²) < 4.78 is 6.74. The summed E-state index contributed by atoms with van der Waals surface area (Å²) in [6.45, 7) is 4.67. The summed E-state index contributed by atoms with van der Waals surface area (Å²) in [5.74, 6) is 1.09. The largest absolute Gasteiger partial charge is 0.368 e. The molecule has 0 bridgehead atoms. The first kappa shape index (κ1) is 22.8. The van der Waals surface area contributed by atoms with Crippen molar-refractivity contribution in [2.24, 2.45) is 4.99 Å². The summed E-state index contributed by atoms with van der Waals surface area (Å²) in [5, 5.41) is 3.59. The van der Waals surface area contributed by atoms with E-state index < -0.39 is 0 Å². The van der Waals surface area contributed by atoms with Gasteiger partial charge < -0.3 is 19.9 Å². The molecule has 3 aliphatic rings. The lowest BCUT2D eigenvalue weighted by molar-refractivity contribution is -0.142. The summed E-state index contributed by atoms with van der Waals surface area (Å²) in [6.07, 6.45) is 4.03. The molecule has 1 aliphatic carbocycles. The summed E-state index contributed by atoms with van der Waals surface area (Å²) in [6, 6.07) is 8.51. The molecule has 1 amide bonds. The van der Waals surface area contributed by atoms with Crippen LogP contribution in [0, 0.1) is 0 Å². The Morgan fingerprint density at radius 2 is 1.93 bits per heavy atom. The van der Waals surface area contributed by atoms with E-state index in [2.05, 4.69) is 55.4 Å². The van der Waals surface area contributed by atoms with Gasteiger partial charge in [-0.1, -0.05) is 34.1 Å². The van der Waals surface area contributed by atoms with E-state index in [-0.39, 0.29) is 41.4 Å². The Morgan fingerprint density at radius 3 is 2.52 bits per heavy atom. The van der Waals surface area contributed by atoms with E-state index in [1.165, 1.54) is 22.9 Å². The number of halogens is 2. The number of amides is 1. The number of guanidine groups is 1. The molecule has 1 saturated carbocycles. The molecule has 2 aliphatic heterocycles. The first-order valence-corrected chi connectivity index (χ1v) is 11.0. The van der Waals surface area contributed by atoms with Gasteiger partial charge in [0.15, 0.2) is 5.96 Å². The fourth-order valence-electron chi connectivity index (χ4n) is 4.28. The van der Waals surface area contributed by atoms with Crippen LogP contribution in [-0.4, -0.2) is 74.1 Å². The van der Waals surface area contributed by atoms with Crippen molar-refractivity contribution in [3.63, 3.8) is 0 Å². The number of nitrogens with zero attached hydrogens (tertiary/aromatic N) is 3. The van der Waals surface area contributed by atoms with Gasteiger partial charge in [0.25, 0.3) is 5.91 Å². The van der Waals surface area contributed by atoms with E-state index in [0.717, 1.165) is 51.5 Å². The Balaban J connectivity index is 0.00000240. The molecule has 4 rings (SSSR count). The molecule has 1 unspecified atom stereocenters. The standard InChI is InChI=1S/C21H29BrN4O2.HI/c1-23-20(24-15-21(8-9-21)16-5-2-3-6-17(16)22)26-12-10-25(11-13-26)19(27)18-7-4-14-28-18;/h2-3,5-6,18H,4,7-15H2,1H3,(H,23,24);1H. The molecule has 8 heteroatoms. The quantitative estimate of drug-likeness (QED) is 0.340. The van der Waals surface area contributed by atoms with Crippen molar-refractivity contribution in [1.82, 2.24) is 15.1 Å².